The molecule has 1 aromatic carbocycles. The fourth-order valence-electron chi connectivity index (χ4n) is 3.08. The van der Waals surface area contributed by atoms with Crippen molar-refractivity contribution in [1.29, 1.82) is 0 Å². The first-order valence-corrected chi connectivity index (χ1v) is 7.92. The van der Waals surface area contributed by atoms with Gasteiger partial charge in [0.05, 0.1) is 11.0 Å². The molecule has 3 nitrogen and oxygen atoms in total. The van der Waals surface area contributed by atoms with E-state index in [1.807, 2.05) is 11.6 Å². The van der Waals surface area contributed by atoms with E-state index >= 15 is 0 Å². The van der Waals surface area contributed by atoms with Gasteiger partial charge in [0.15, 0.2) is 0 Å². The summed E-state index contributed by atoms with van der Waals surface area (Å²) in [4.78, 5) is 12.6. The second kappa shape index (κ2) is 5.31. The Kier molecular flexibility index (Phi) is 3.59. The summed E-state index contributed by atoms with van der Waals surface area (Å²) in [5.74, 6) is 0. The van der Waals surface area contributed by atoms with Crippen LogP contribution in [0.1, 0.15) is 39.2 Å². The molecule has 3 rings (SSSR count). The van der Waals surface area contributed by atoms with Gasteiger partial charge in [0.1, 0.15) is 0 Å². The van der Waals surface area contributed by atoms with Crippen molar-refractivity contribution in [3.63, 3.8) is 0 Å². The number of rotatable bonds is 2. The van der Waals surface area contributed by atoms with Crippen molar-refractivity contribution in [2.75, 3.05) is 0 Å². The highest BCUT2D eigenvalue weighted by Crippen LogP contribution is 2.27. The molecule has 1 aliphatic rings. The molecule has 1 aliphatic carbocycles. The van der Waals surface area contributed by atoms with Crippen molar-refractivity contribution < 1.29 is 0 Å². The van der Waals surface area contributed by atoms with E-state index < -0.39 is 0 Å². The third-order valence-corrected chi connectivity index (χ3v) is 4.16. The number of imidazole rings is 1. The molecule has 0 radical (unpaired) electrons. The van der Waals surface area contributed by atoms with Gasteiger partial charge in [-0.15, -0.1) is 0 Å². The SMILES string of the molecule is Cn1c(=O)n(CC(C)(C)C)c2ccc(C3=CC=CCC3)cc21. The molecule has 0 fully saturated rings. The average Bonchev–Trinajstić information content (AvgIpc) is 2.71. The highest BCUT2D eigenvalue weighted by atomic mass is 16.1. The number of fused-ring (bicyclic) bond motifs is 1. The van der Waals surface area contributed by atoms with Crippen molar-refractivity contribution >= 4 is 16.6 Å². The molecule has 1 heterocycles. The first-order valence-electron chi connectivity index (χ1n) is 7.92. The summed E-state index contributed by atoms with van der Waals surface area (Å²) in [7, 11) is 1.86. The Bertz CT molecular complexity index is 825. The normalized spacial score (nSPS) is 15.4. The fourth-order valence-corrected chi connectivity index (χ4v) is 3.08. The molecule has 1 aromatic heterocycles. The molecule has 0 unspecified atom stereocenters. The molecule has 3 heteroatoms. The van der Waals surface area contributed by atoms with E-state index in [1.165, 1.54) is 11.1 Å². The highest BCUT2D eigenvalue weighted by molar-refractivity contribution is 5.82. The zero-order chi connectivity index (χ0) is 15.9. The van der Waals surface area contributed by atoms with Gasteiger partial charge in [-0.05, 0) is 41.5 Å². The minimum atomic E-state index is 0.0691. The summed E-state index contributed by atoms with van der Waals surface area (Å²) in [6, 6.07) is 6.39. The third-order valence-electron chi connectivity index (χ3n) is 4.16. The zero-order valence-electron chi connectivity index (χ0n) is 13.9. The molecular weight excluding hydrogens is 272 g/mol. The number of benzene rings is 1. The highest BCUT2D eigenvalue weighted by Gasteiger charge is 2.18. The smallest absolute Gasteiger partial charge is 0.295 e. The maximum atomic E-state index is 12.6. The molecule has 0 saturated heterocycles. The summed E-state index contributed by atoms with van der Waals surface area (Å²) >= 11 is 0. The Morgan fingerprint density at radius 3 is 2.59 bits per heavy atom. The minimum absolute atomic E-state index is 0.0691. The van der Waals surface area contributed by atoms with Crippen LogP contribution in [-0.2, 0) is 13.6 Å². The van der Waals surface area contributed by atoms with Crippen LogP contribution in [0.15, 0.2) is 41.2 Å². The second-order valence-electron chi connectivity index (χ2n) is 7.35. The summed E-state index contributed by atoms with van der Waals surface area (Å²) in [6.07, 6.45) is 8.64. The lowest BCUT2D eigenvalue weighted by Gasteiger charge is -2.18. The maximum absolute atomic E-state index is 12.6. The van der Waals surface area contributed by atoms with Crippen LogP contribution in [0.25, 0.3) is 16.6 Å². The largest absolute Gasteiger partial charge is 0.328 e. The van der Waals surface area contributed by atoms with E-state index in [1.54, 1.807) is 4.57 Å². The Balaban J connectivity index is 2.14. The van der Waals surface area contributed by atoms with E-state index in [9.17, 15) is 4.79 Å². The van der Waals surface area contributed by atoms with Crippen molar-refractivity contribution in [3.05, 3.63) is 52.5 Å². The number of allylic oxidation sites excluding steroid dienone is 4. The van der Waals surface area contributed by atoms with Gasteiger partial charge in [-0.25, -0.2) is 4.79 Å². The Labute approximate surface area is 131 Å². The predicted octanol–water partition coefficient (Wildman–Crippen LogP) is 4.12. The minimum Gasteiger partial charge on any atom is -0.295 e. The van der Waals surface area contributed by atoms with Crippen LogP contribution in [-0.4, -0.2) is 9.13 Å². The predicted molar refractivity (Wildman–Crippen MR) is 93.0 cm³/mol. The van der Waals surface area contributed by atoms with Crippen LogP contribution in [0.3, 0.4) is 0 Å². The van der Waals surface area contributed by atoms with Crippen molar-refractivity contribution in [2.24, 2.45) is 12.5 Å². The van der Waals surface area contributed by atoms with Gasteiger partial charge in [0, 0.05) is 13.6 Å². The summed E-state index contributed by atoms with van der Waals surface area (Å²) in [6.45, 7) is 7.21. The Morgan fingerprint density at radius 2 is 1.95 bits per heavy atom. The van der Waals surface area contributed by atoms with Crippen LogP contribution in [0.5, 0.6) is 0 Å². The topological polar surface area (TPSA) is 26.9 Å². The Hall–Kier alpha value is -2.03. The molecule has 0 atom stereocenters. The number of aromatic nitrogens is 2. The molecule has 0 N–H and O–H groups in total. The van der Waals surface area contributed by atoms with Crippen LogP contribution in [0.4, 0.5) is 0 Å². The average molecular weight is 296 g/mol. The fraction of sp³-hybridized carbons (Fsp3) is 0.421. The number of hydrogen-bond acceptors (Lipinski definition) is 1. The van der Waals surface area contributed by atoms with Gasteiger partial charge in [0.25, 0.3) is 0 Å². The van der Waals surface area contributed by atoms with E-state index in [0.29, 0.717) is 0 Å². The lowest BCUT2D eigenvalue weighted by atomic mass is 9.96. The molecular formula is C19H24N2O. The lowest BCUT2D eigenvalue weighted by Crippen LogP contribution is -2.27. The van der Waals surface area contributed by atoms with Gasteiger partial charge < -0.3 is 0 Å². The monoisotopic (exact) mass is 296 g/mol. The van der Waals surface area contributed by atoms with E-state index in [2.05, 4.69) is 57.2 Å². The quantitative estimate of drug-likeness (QED) is 0.819. The molecule has 0 amide bonds. The number of nitrogens with zero attached hydrogens (tertiary/aromatic N) is 2. The van der Waals surface area contributed by atoms with Gasteiger partial charge in [-0.3, -0.25) is 9.13 Å². The molecule has 22 heavy (non-hydrogen) atoms. The third kappa shape index (κ3) is 2.68. The van der Waals surface area contributed by atoms with E-state index in [0.717, 1.165) is 30.4 Å². The number of aryl methyl sites for hydroxylation is 1. The van der Waals surface area contributed by atoms with Crippen LogP contribution >= 0.6 is 0 Å². The van der Waals surface area contributed by atoms with Crippen LogP contribution < -0.4 is 5.69 Å². The van der Waals surface area contributed by atoms with Crippen molar-refractivity contribution in [1.82, 2.24) is 9.13 Å². The second-order valence-corrected chi connectivity index (χ2v) is 7.35. The van der Waals surface area contributed by atoms with Gasteiger partial charge >= 0.3 is 5.69 Å². The first kappa shape index (κ1) is 14.9. The molecule has 116 valence electrons. The van der Waals surface area contributed by atoms with Gasteiger partial charge in [-0.2, -0.15) is 0 Å². The van der Waals surface area contributed by atoms with Crippen molar-refractivity contribution in [2.45, 2.75) is 40.2 Å². The zero-order valence-corrected chi connectivity index (χ0v) is 13.9. The Morgan fingerprint density at radius 1 is 1.18 bits per heavy atom. The molecule has 2 aromatic rings. The summed E-state index contributed by atoms with van der Waals surface area (Å²) in [5, 5.41) is 0. The molecule has 0 aliphatic heterocycles. The van der Waals surface area contributed by atoms with E-state index in [-0.39, 0.29) is 11.1 Å². The summed E-state index contributed by atoms with van der Waals surface area (Å²) < 4.78 is 3.66. The van der Waals surface area contributed by atoms with Crippen LogP contribution in [0.2, 0.25) is 0 Å². The standard InChI is InChI=1S/C19H24N2O/c1-19(2,3)13-21-16-11-10-15(14-8-6-5-7-9-14)12-17(16)20(4)18(21)22/h5-6,8,10-12H,7,9,13H2,1-4H3. The van der Waals surface area contributed by atoms with Crippen LogP contribution in [0, 0.1) is 5.41 Å². The molecule has 0 spiro atoms. The lowest BCUT2D eigenvalue weighted by molar-refractivity contribution is 0.342. The van der Waals surface area contributed by atoms with Gasteiger partial charge in [-0.1, -0.05) is 45.1 Å². The van der Waals surface area contributed by atoms with E-state index in [4.69, 9.17) is 0 Å². The number of hydrogen-bond donors (Lipinski definition) is 0. The first-order chi connectivity index (χ1) is 10.4. The molecule has 0 bridgehead atoms. The van der Waals surface area contributed by atoms with Gasteiger partial charge in [0.2, 0.25) is 0 Å². The summed E-state index contributed by atoms with van der Waals surface area (Å²) in [5.41, 5.74) is 4.76. The molecule has 0 saturated carbocycles. The maximum Gasteiger partial charge on any atom is 0.328 e. The van der Waals surface area contributed by atoms with Crippen molar-refractivity contribution in [3.8, 4) is 0 Å².